The van der Waals surface area contributed by atoms with E-state index in [2.05, 4.69) is 26.1 Å². The Bertz CT molecular complexity index is 1080. The molecule has 10 heteroatoms. The molecule has 0 unspecified atom stereocenters. The molecule has 0 aliphatic carbocycles. The first-order valence-corrected chi connectivity index (χ1v) is 11.9. The first-order chi connectivity index (χ1) is 14.8. The van der Waals surface area contributed by atoms with Gasteiger partial charge in [0, 0.05) is 12.1 Å². The molecular formula is C22H29N3O6S. The molecule has 1 atom stereocenters. The molecule has 32 heavy (non-hydrogen) atoms. The zero-order valence-corrected chi connectivity index (χ0v) is 19.7. The van der Waals surface area contributed by atoms with Gasteiger partial charge in [-0.25, -0.2) is 8.42 Å². The fourth-order valence-electron chi connectivity index (χ4n) is 3.25. The summed E-state index contributed by atoms with van der Waals surface area (Å²) in [5.41, 5.74) is 0.700. The van der Waals surface area contributed by atoms with E-state index in [4.69, 9.17) is 4.74 Å². The summed E-state index contributed by atoms with van der Waals surface area (Å²) in [7, 11) is -3.88. The molecule has 1 N–H and O–H groups in total. The maximum absolute atomic E-state index is 12.7. The van der Waals surface area contributed by atoms with E-state index in [0.717, 1.165) is 27.9 Å². The van der Waals surface area contributed by atoms with E-state index in [1.54, 1.807) is 0 Å². The monoisotopic (exact) mass is 463 g/mol. The molecule has 0 bridgehead atoms. The molecule has 2 aromatic rings. The predicted octanol–water partition coefficient (Wildman–Crippen LogP) is 3.24. The Morgan fingerprint density at radius 3 is 2.44 bits per heavy atom. The second-order valence-electron chi connectivity index (χ2n) is 8.40. The van der Waals surface area contributed by atoms with Gasteiger partial charge in [0.05, 0.1) is 23.4 Å². The Hall–Kier alpha value is -3.14. The molecular weight excluding hydrogens is 434 g/mol. The third-order valence-electron chi connectivity index (χ3n) is 4.74. The number of hydrogen-bond acceptors (Lipinski definition) is 6. The highest BCUT2D eigenvalue weighted by Crippen LogP contribution is 2.31. The van der Waals surface area contributed by atoms with E-state index in [1.807, 2.05) is 24.3 Å². The summed E-state index contributed by atoms with van der Waals surface area (Å²) in [6, 6.07) is 11.7. The van der Waals surface area contributed by atoms with Crippen molar-refractivity contribution in [2.24, 2.45) is 0 Å². The van der Waals surface area contributed by atoms with Crippen molar-refractivity contribution in [3.05, 3.63) is 64.2 Å². The van der Waals surface area contributed by atoms with Crippen LogP contribution in [0.25, 0.3) is 0 Å². The minimum atomic E-state index is -3.88. The molecule has 0 fully saturated rings. The fourth-order valence-corrected chi connectivity index (χ4v) is 4.41. The highest BCUT2D eigenvalue weighted by Gasteiger charge is 2.30. The topological polar surface area (TPSA) is 119 Å². The third kappa shape index (κ3) is 6.43. The zero-order valence-electron chi connectivity index (χ0n) is 18.9. The van der Waals surface area contributed by atoms with Crippen LogP contribution < -0.4 is 14.4 Å². The van der Waals surface area contributed by atoms with Gasteiger partial charge >= 0.3 is 0 Å². The van der Waals surface area contributed by atoms with Crippen LogP contribution in [0.5, 0.6) is 5.75 Å². The molecule has 2 aromatic carbocycles. The standard InChI is InChI=1S/C22H29N3O6S/c1-16(24(32(5,29)30)17-9-8-10-18(15-17)25(27)28)21(26)23-13-14-31-20-12-7-6-11-19(20)22(2,3)4/h6-12,15-16H,13-14H2,1-5H3,(H,23,26)/t16-/m0/s1. The molecule has 174 valence electrons. The number of nitro benzene ring substituents is 1. The number of ether oxygens (including phenoxy) is 1. The van der Waals surface area contributed by atoms with Crippen molar-refractivity contribution >= 4 is 27.3 Å². The number of anilines is 1. The Kier molecular flexibility index (Phi) is 7.84. The van der Waals surface area contributed by atoms with E-state index < -0.39 is 26.9 Å². The maximum Gasteiger partial charge on any atom is 0.271 e. The fraction of sp³-hybridized carbons (Fsp3) is 0.409. The van der Waals surface area contributed by atoms with Crippen molar-refractivity contribution in [2.75, 3.05) is 23.7 Å². The van der Waals surface area contributed by atoms with Crippen LogP contribution >= 0.6 is 0 Å². The van der Waals surface area contributed by atoms with E-state index in [9.17, 15) is 23.3 Å². The number of nitro groups is 1. The number of nitrogens with one attached hydrogen (secondary N) is 1. The highest BCUT2D eigenvalue weighted by atomic mass is 32.2. The highest BCUT2D eigenvalue weighted by molar-refractivity contribution is 7.92. The van der Waals surface area contributed by atoms with Gasteiger partial charge in [-0.2, -0.15) is 0 Å². The summed E-state index contributed by atoms with van der Waals surface area (Å²) in [5, 5.41) is 13.7. The van der Waals surface area contributed by atoms with Crippen LogP contribution in [0, 0.1) is 10.1 Å². The van der Waals surface area contributed by atoms with E-state index in [1.165, 1.54) is 25.1 Å². The molecule has 2 rings (SSSR count). The van der Waals surface area contributed by atoms with Crippen molar-refractivity contribution in [2.45, 2.75) is 39.2 Å². The number of nitrogens with zero attached hydrogens (tertiary/aromatic N) is 2. The summed E-state index contributed by atoms with van der Waals surface area (Å²) in [6.07, 6.45) is 0.947. The van der Waals surface area contributed by atoms with Crippen molar-refractivity contribution < 1.29 is 22.9 Å². The van der Waals surface area contributed by atoms with E-state index >= 15 is 0 Å². The lowest BCUT2D eigenvalue weighted by Gasteiger charge is -2.28. The number of non-ortho nitro benzene ring substituents is 1. The number of para-hydroxylation sites is 1. The second-order valence-corrected chi connectivity index (χ2v) is 10.3. The SMILES string of the molecule is C[C@@H](C(=O)NCCOc1ccccc1C(C)(C)C)N(c1cccc([N+](=O)[O-])c1)S(C)(=O)=O. The quantitative estimate of drug-likeness (QED) is 0.346. The van der Waals surface area contributed by atoms with Crippen molar-refractivity contribution in [1.29, 1.82) is 0 Å². The first kappa shape index (κ1) is 25.1. The minimum Gasteiger partial charge on any atom is -0.491 e. The van der Waals surface area contributed by atoms with Gasteiger partial charge in [-0.3, -0.25) is 19.2 Å². The Morgan fingerprint density at radius 2 is 1.84 bits per heavy atom. The van der Waals surface area contributed by atoms with Gasteiger partial charge in [0.1, 0.15) is 18.4 Å². The van der Waals surface area contributed by atoms with E-state index in [0.29, 0.717) is 0 Å². The number of carbonyl (C=O) groups excluding carboxylic acids is 1. The summed E-state index contributed by atoms with van der Waals surface area (Å²) < 4.78 is 31.4. The van der Waals surface area contributed by atoms with Crippen LogP contribution in [0.1, 0.15) is 33.3 Å². The van der Waals surface area contributed by atoms with Gasteiger partial charge in [0.25, 0.3) is 5.69 Å². The van der Waals surface area contributed by atoms with Crippen LogP contribution in [0.4, 0.5) is 11.4 Å². The third-order valence-corrected chi connectivity index (χ3v) is 5.98. The Balaban J connectivity index is 2.07. The summed E-state index contributed by atoms with van der Waals surface area (Å²) in [5.74, 6) is 0.172. The molecule has 0 aromatic heterocycles. The maximum atomic E-state index is 12.7. The molecule has 9 nitrogen and oxygen atoms in total. The van der Waals surface area contributed by atoms with Crippen molar-refractivity contribution in [1.82, 2.24) is 5.32 Å². The van der Waals surface area contributed by atoms with Crippen LogP contribution in [-0.2, 0) is 20.2 Å². The van der Waals surface area contributed by atoms with Crippen LogP contribution in [0.3, 0.4) is 0 Å². The molecule has 0 aliphatic rings. The number of carbonyl (C=O) groups is 1. The van der Waals surface area contributed by atoms with Gasteiger partial charge in [0.2, 0.25) is 15.9 Å². The molecule has 0 radical (unpaired) electrons. The predicted molar refractivity (Wildman–Crippen MR) is 124 cm³/mol. The number of sulfonamides is 1. The molecule has 0 saturated heterocycles. The lowest BCUT2D eigenvalue weighted by molar-refractivity contribution is -0.384. The largest absolute Gasteiger partial charge is 0.491 e. The minimum absolute atomic E-state index is 0.0414. The zero-order chi connectivity index (χ0) is 24.1. The van der Waals surface area contributed by atoms with Gasteiger partial charge in [0.15, 0.2) is 0 Å². The van der Waals surface area contributed by atoms with Crippen molar-refractivity contribution in [3.8, 4) is 5.75 Å². The molecule has 1 amide bonds. The Labute approximate surface area is 188 Å². The smallest absolute Gasteiger partial charge is 0.271 e. The summed E-state index contributed by atoms with van der Waals surface area (Å²) >= 11 is 0. The Morgan fingerprint density at radius 1 is 1.19 bits per heavy atom. The second kappa shape index (κ2) is 9.99. The molecule has 0 spiro atoms. The molecule has 0 heterocycles. The number of rotatable bonds is 9. The number of amides is 1. The number of benzene rings is 2. The first-order valence-electron chi connectivity index (χ1n) is 10.1. The average molecular weight is 464 g/mol. The van der Waals surface area contributed by atoms with Crippen LogP contribution in [0.15, 0.2) is 48.5 Å². The van der Waals surface area contributed by atoms with Gasteiger partial charge in [-0.1, -0.05) is 45.0 Å². The van der Waals surface area contributed by atoms with E-state index in [-0.39, 0.29) is 29.9 Å². The van der Waals surface area contributed by atoms with Crippen molar-refractivity contribution in [3.63, 3.8) is 0 Å². The summed E-state index contributed by atoms with van der Waals surface area (Å²) in [6.45, 7) is 8.01. The van der Waals surface area contributed by atoms with Crippen LogP contribution in [-0.4, -0.2) is 44.7 Å². The van der Waals surface area contributed by atoms with Gasteiger partial charge < -0.3 is 10.1 Å². The van der Waals surface area contributed by atoms with Gasteiger partial charge in [-0.05, 0) is 30.0 Å². The average Bonchev–Trinajstić information content (AvgIpc) is 2.69. The lowest BCUT2D eigenvalue weighted by atomic mass is 9.86. The molecule has 0 aliphatic heterocycles. The van der Waals surface area contributed by atoms with Crippen LogP contribution in [0.2, 0.25) is 0 Å². The normalized spacial score (nSPS) is 12.7. The number of hydrogen-bond donors (Lipinski definition) is 1. The lowest BCUT2D eigenvalue weighted by Crippen LogP contribution is -2.48. The summed E-state index contributed by atoms with van der Waals surface area (Å²) in [4.78, 5) is 23.1. The van der Waals surface area contributed by atoms with Gasteiger partial charge in [-0.15, -0.1) is 0 Å². The molecule has 0 saturated carbocycles.